The topological polar surface area (TPSA) is 84.3 Å². The quantitative estimate of drug-likeness (QED) is 0.701. The molecule has 5 rings (SSSR count). The van der Waals surface area contributed by atoms with Crippen molar-refractivity contribution in [3.63, 3.8) is 0 Å². The molecule has 4 heterocycles. The van der Waals surface area contributed by atoms with Crippen molar-refractivity contribution >= 4 is 17.7 Å². The molecule has 2 aromatic heterocycles. The number of aliphatic imine (C=N–C) groups is 1. The Morgan fingerprint density at radius 3 is 2.69 bits per heavy atom. The van der Waals surface area contributed by atoms with E-state index in [1.165, 1.54) is 11.1 Å². The van der Waals surface area contributed by atoms with Gasteiger partial charge in [0.05, 0.1) is 31.7 Å². The molecule has 7 nitrogen and oxygen atoms in total. The smallest absolute Gasteiger partial charge is 0.232 e. The monoisotopic (exact) mass is 386 g/mol. The predicted molar refractivity (Wildman–Crippen MR) is 113 cm³/mol. The molecular formula is C22H22N6O. The van der Waals surface area contributed by atoms with Crippen molar-refractivity contribution in [3.8, 4) is 17.3 Å². The van der Waals surface area contributed by atoms with E-state index in [1.54, 1.807) is 19.5 Å². The van der Waals surface area contributed by atoms with Crippen LogP contribution in [0.4, 0.5) is 11.5 Å². The summed E-state index contributed by atoms with van der Waals surface area (Å²) in [5.74, 6) is 1.91. The molecule has 2 aliphatic heterocycles. The van der Waals surface area contributed by atoms with Gasteiger partial charge in [-0.25, -0.2) is 9.97 Å². The maximum Gasteiger partial charge on any atom is 0.232 e. The molecule has 3 aromatic rings. The van der Waals surface area contributed by atoms with Gasteiger partial charge in [0.1, 0.15) is 11.5 Å². The lowest BCUT2D eigenvalue weighted by Crippen LogP contribution is -2.39. The summed E-state index contributed by atoms with van der Waals surface area (Å²) in [5, 5.41) is 6.81. The molecule has 0 atom stereocenters. The molecule has 0 radical (unpaired) electrons. The first kappa shape index (κ1) is 17.8. The third-order valence-corrected chi connectivity index (χ3v) is 5.42. The third-order valence-electron chi connectivity index (χ3n) is 5.42. The summed E-state index contributed by atoms with van der Waals surface area (Å²) < 4.78 is 5.22. The highest BCUT2D eigenvalue weighted by atomic mass is 16.5. The summed E-state index contributed by atoms with van der Waals surface area (Å²) in [7, 11) is 1.58. The van der Waals surface area contributed by atoms with Gasteiger partial charge in [0.15, 0.2) is 0 Å². The Bertz CT molecular complexity index is 1060. The molecule has 0 bridgehead atoms. The van der Waals surface area contributed by atoms with E-state index in [0.29, 0.717) is 24.0 Å². The second-order valence-electron chi connectivity index (χ2n) is 7.27. The van der Waals surface area contributed by atoms with Crippen molar-refractivity contribution in [2.24, 2.45) is 4.99 Å². The Kier molecular flexibility index (Phi) is 4.65. The lowest BCUT2D eigenvalue weighted by molar-refractivity contribution is 0.396. The maximum atomic E-state index is 5.22. The molecule has 1 saturated heterocycles. The van der Waals surface area contributed by atoms with Gasteiger partial charge in [0.25, 0.3) is 0 Å². The van der Waals surface area contributed by atoms with Crippen LogP contribution >= 0.6 is 0 Å². The molecule has 7 heteroatoms. The number of fused-ring (bicyclic) bond motifs is 1. The summed E-state index contributed by atoms with van der Waals surface area (Å²) in [6, 6.07) is 10.7. The minimum absolute atomic E-state index is 0.471. The molecule has 0 aliphatic carbocycles. The van der Waals surface area contributed by atoms with Gasteiger partial charge in [-0.1, -0.05) is 12.1 Å². The molecule has 146 valence electrons. The van der Waals surface area contributed by atoms with Gasteiger partial charge in [-0.05, 0) is 29.3 Å². The van der Waals surface area contributed by atoms with Crippen LogP contribution in [-0.2, 0) is 13.0 Å². The summed E-state index contributed by atoms with van der Waals surface area (Å²) in [6.07, 6.45) is 6.03. The van der Waals surface area contributed by atoms with Crippen LogP contribution in [0.3, 0.4) is 0 Å². The van der Waals surface area contributed by atoms with E-state index in [-0.39, 0.29) is 0 Å². The molecule has 0 spiro atoms. The van der Waals surface area contributed by atoms with Crippen LogP contribution in [0.25, 0.3) is 11.4 Å². The zero-order valence-electron chi connectivity index (χ0n) is 16.2. The normalized spacial score (nSPS) is 15.5. The average molecular weight is 386 g/mol. The van der Waals surface area contributed by atoms with Crippen LogP contribution in [0.2, 0.25) is 0 Å². The minimum Gasteiger partial charge on any atom is -0.480 e. The number of anilines is 2. The molecule has 29 heavy (non-hydrogen) atoms. The Morgan fingerprint density at radius 2 is 1.93 bits per heavy atom. The van der Waals surface area contributed by atoms with Gasteiger partial charge < -0.3 is 15.4 Å². The van der Waals surface area contributed by atoms with E-state index in [2.05, 4.69) is 55.9 Å². The second-order valence-corrected chi connectivity index (χ2v) is 7.27. The largest absolute Gasteiger partial charge is 0.480 e. The number of nitrogens with one attached hydrogen (secondary N) is 2. The standard InChI is InChI=1S/C22H22N6O/c1-29-21-13-25-12-20(27-21)19-8-15-6-7-23-11-18(15)22(28-19)26-17-4-2-14(3-5-17)16-9-24-10-16/h2-5,7-8,12-13,16,24H,6,9-11H2,1H3,(H,26,28). The van der Waals surface area contributed by atoms with Gasteiger partial charge >= 0.3 is 0 Å². The van der Waals surface area contributed by atoms with E-state index in [0.717, 1.165) is 42.3 Å². The van der Waals surface area contributed by atoms with E-state index in [1.807, 2.05) is 6.21 Å². The number of hydrogen-bond acceptors (Lipinski definition) is 7. The Hall–Kier alpha value is -3.32. The number of hydrogen-bond donors (Lipinski definition) is 2. The highest BCUT2D eigenvalue weighted by Crippen LogP contribution is 2.30. The van der Waals surface area contributed by atoms with Crippen molar-refractivity contribution in [1.82, 2.24) is 20.3 Å². The van der Waals surface area contributed by atoms with Crippen molar-refractivity contribution in [3.05, 3.63) is 59.4 Å². The van der Waals surface area contributed by atoms with Gasteiger partial charge in [0, 0.05) is 42.9 Å². The maximum absolute atomic E-state index is 5.22. The zero-order valence-corrected chi connectivity index (χ0v) is 16.2. The molecule has 0 saturated carbocycles. The zero-order chi connectivity index (χ0) is 19.6. The van der Waals surface area contributed by atoms with Crippen molar-refractivity contribution < 1.29 is 4.74 Å². The molecule has 1 fully saturated rings. The number of nitrogens with zero attached hydrogens (tertiary/aromatic N) is 4. The predicted octanol–water partition coefficient (Wildman–Crippen LogP) is 3.10. The number of methoxy groups -OCH3 is 1. The van der Waals surface area contributed by atoms with E-state index in [9.17, 15) is 0 Å². The Morgan fingerprint density at radius 1 is 1.07 bits per heavy atom. The average Bonchev–Trinajstić information content (AvgIpc) is 2.74. The fourth-order valence-corrected chi connectivity index (χ4v) is 3.61. The van der Waals surface area contributed by atoms with Crippen LogP contribution in [0, 0.1) is 0 Å². The van der Waals surface area contributed by atoms with E-state index < -0.39 is 0 Å². The molecule has 2 N–H and O–H groups in total. The first-order valence-electron chi connectivity index (χ1n) is 9.75. The van der Waals surface area contributed by atoms with Crippen LogP contribution in [0.1, 0.15) is 22.6 Å². The summed E-state index contributed by atoms with van der Waals surface area (Å²) in [5.41, 5.74) is 6.16. The lowest BCUT2D eigenvalue weighted by atomic mass is 9.94. The van der Waals surface area contributed by atoms with Crippen molar-refractivity contribution in [2.75, 3.05) is 25.5 Å². The second kappa shape index (κ2) is 7.60. The first-order valence-corrected chi connectivity index (χ1v) is 9.75. The van der Waals surface area contributed by atoms with Gasteiger partial charge in [-0.2, -0.15) is 0 Å². The molecule has 1 aromatic carbocycles. The Labute approximate surface area is 169 Å². The fourth-order valence-electron chi connectivity index (χ4n) is 3.61. The highest BCUT2D eigenvalue weighted by Gasteiger charge is 2.19. The van der Waals surface area contributed by atoms with Gasteiger partial charge in [-0.3, -0.25) is 9.98 Å². The number of benzene rings is 1. The van der Waals surface area contributed by atoms with Crippen LogP contribution < -0.4 is 15.4 Å². The lowest BCUT2D eigenvalue weighted by Gasteiger charge is -2.27. The summed E-state index contributed by atoms with van der Waals surface area (Å²) in [4.78, 5) is 18.0. The molecular weight excluding hydrogens is 364 g/mol. The van der Waals surface area contributed by atoms with Crippen LogP contribution in [0.15, 0.2) is 47.7 Å². The summed E-state index contributed by atoms with van der Waals surface area (Å²) >= 11 is 0. The number of pyridine rings is 1. The molecule has 0 unspecified atom stereocenters. The van der Waals surface area contributed by atoms with Crippen molar-refractivity contribution in [2.45, 2.75) is 18.9 Å². The number of aromatic nitrogens is 3. The third kappa shape index (κ3) is 3.56. The van der Waals surface area contributed by atoms with Gasteiger partial charge in [0.2, 0.25) is 5.88 Å². The Balaban J connectivity index is 1.49. The number of rotatable bonds is 5. The van der Waals surface area contributed by atoms with E-state index in [4.69, 9.17) is 9.72 Å². The van der Waals surface area contributed by atoms with Crippen LogP contribution in [0.5, 0.6) is 5.88 Å². The highest BCUT2D eigenvalue weighted by molar-refractivity contribution is 5.73. The number of ether oxygens (including phenoxy) is 1. The molecule has 0 amide bonds. The van der Waals surface area contributed by atoms with Crippen molar-refractivity contribution in [1.29, 1.82) is 0 Å². The SMILES string of the molecule is COc1cncc(-c2cc3c(c(Nc4ccc(C5CNC5)cc4)n2)CN=CC3)n1. The van der Waals surface area contributed by atoms with E-state index >= 15 is 0 Å². The van der Waals surface area contributed by atoms with Gasteiger partial charge in [-0.15, -0.1) is 0 Å². The minimum atomic E-state index is 0.471. The molecule has 2 aliphatic rings. The fraction of sp³-hybridized carbons (Fsp3) is 0.273. The summed E-state index contributed by atoms with van der Waals surface area (Å²) in [6.45, 7) is 2.74. The van der Waals surface area contributed by atoms with Crippen LogP contribution in [-0.4, -0.2) is 41.4 Å². The first-order chi connectivity index (χ1) is 14.3.